The Hall–Kier alpha value is -1.11. The van der Waals surface area contributed by atoms with Crippen LogP contribution < -0.4 is 9.46 Å². The Morgan fingerprint density at radius 1 is 1.33 bits per heavy atom. The third kappa shape index (κ3) is 4.98. The van der Waals surface area contributed by atoms with E-state index in [9.17, 15) is 8.42 Å². The Bertz CT molecular complexity index is 533. The molecule has 1 heterocycles. The molecule has 1 aliphatic rings. The summed E-state index contributed by atoms with van der Waals surface area (Å²) in [6.07, 6.45) is 1.90. The number of rotatable bonds is 7. The van der Waals surface area contributed by atoms with Gasteiger partial charge in [-0.25, -0.2) is 13.1 Å². The standard InChI is InChI=1S/C15H23NO4S/c1-12(2)11-20-13-5-7-15(8-6-13)21(17,18)16-10-14-4-3-9-19-14/h5-8,12,14,16H,3-4,9-11H2,1-2H3. The van der Waals surface area contributed by atoms with Crippen molar-refractivity contribution in [3.63, 3.8) is 0 Å². The van der Waals surface area contributed by atoms with Gasteiger partial charge < -0.3 is 9.47 Å². The summed E-state index contributed by atoms with van der Waals surface area (Å²) < 4.78 is 37.9. The van der Waals surface area contributed by atoms with Crippen molar-refractivity contribution >= 4 is 10.0 Å². The Labute approximate surface area is 126 Å². The quantitative estimate of drug-likeness (QED) is 0.838. The molecule has 1 aromatic carbocycles. The van der Waals surface area contributed by atoms with Crippen molar-refractivity contribution in [3.05, 3.63) is 24.3 Å². The highest BCUT2D eigenvalue weighted by Crippen LogP contribution is 2.17. The molecule has 0 aliphatic carbocycles. The van der Waals surface area contributed by atoms with Crippen LogP contribution in [-0.4, -0.2) is 34.3 Å². The minimum atomic E-state index is -3.48. The second kappa shape index (κ2) is 7.24. The lowest BCUT2D eigenvalue weighted by molar-refractivity contribution is 0.114. The van der Waals surface area contributed by atoms with Gasteiger partial charge in [0.25, 0.3) is 0 Å². The fourth-order valence-corrected chi connectivity index (χ4v) is 3.14. The molecule has 5 nitrogen and oxygen atoms in total. The van der Waals surface area contributed by atoms with E-state index in [-0.39, 0.29) is 11.0 Å². The van der Waals surface area contributed by atoms with Crippen LogP contribution in [0.15, 0.2) is 29.2 Å². The monoisotopic (exact) mass is 313 g/mol. The van der Waals surface area contributed by atoms with Crippen LogP contribution in [0.2, 0.25) is 0 Å². The van der Waals surface area contributed by atoms with Gasteiger partial charge in [0.2, 0.25) is 10.0 Å². The van der Waals surface area contributed by atoms with E-state index in [4.69, 9.17) is 9.47 Å². The van der Waals surface area contributed by atoms with E-state index in [1.807, 2.05) is 0 Å². The number of hydrogen-bond acceptors (Lipinski definition) is 4. The molecule has 1 N–H and O–H groups in total. The summed E-state index contributed by atoms with van der Waals surface area (Å²) in [7, 11) is -3.48. The minimum Gasteiger partial charge on any atom is -0.493 e. The molecular formula is C15H23NO4S. The van der Waals surface area contributed by atoms with Crippen LogP contribution in [0.1, 0.15) is 26.7 Å². The smallest absolute Gasteiger partial charge is 0.240 e. The van der Waals surface area contributed by atoms with Gasteiger partial charge in [-0.3, -0.25) is 0 Å². The van der Waals surface area contributed by atoms with Gasteiger partial charge in [-0.05, 0) is 43.0 Å². The lowest BCUT2D eigenvalue weighted by atomic mass is 10.2. The van der Waals surface area contributed by atoms with Crippen LogP contribution in [0.5, 0.6) is 5.75 Å². The number of sulfonamides is 1. The SMILES string of the molecule is CC(C)COc1ccc(S(=O)(=O)NCC2CCCO2)cc1. The molecule has 2 rings (SSSR count). The number of benzene rings is 1. The summed E-state index contributed by atoms with van der Waals surface area (Å²) in [5.74, 6) is 1.11. The Kier molecular flexibility index (Phi) is 5.61. The average Bonchev–Trinajstić information content (AvgIpc) is 2.97. The molecule has 6 heteroatoms. The predicted octanol–water partition coefficient (Wildman–Crippen LogP) is 2.18. The molecule has 0 saturated carbocycles. The topological polar surface area (TPSA) is 64.6 Å². The summed E-state index contributed by atoms with van der Waals surface area (Å²) in [6.45, 7) is 5.78. The molecule has 0 amide bonds. The van der Waals surface area contributed by atoms with Gasteiger partial charge in [0.1, 0.15) is 5.75 Å². The molecule has 0 bridgehead atoms. The largest absolute Gasteiger partial charge is 0.493 e. The maximum absolute atomic E-state index is 12.2. The van der Waals surface area contributed by atoms with Gasteiger partial charge in [-0.2, -0.15) is 0 Å². The first-order valence-electron chi connectivity index (χ1n) is 7.31. The van der Waals surface area contributed by atoms with E-state index in [0.717, 1.165) is 12.8 Å². The Balaban J connectivity index is 1.92. The van der Waals surface area contributed by atoms with Gasteiger partial charge in [0.15, 0.2) is 0 Å². The van der Waals surface area contributed by atoms with Gasteiger partial charge in [-0.15, -0.1) is 0 Å². The molecule has 0 aromatic heterocycles. The van der Waals surface area contributed by atoms with E-state index in [0.29, 0.717) is 31.4 Å². The molecule has 1 saturated heterocycles. The molecule has 21 heavy (non-hydrogen) atoms. The molecule has 1 aromatic rings. The van der Waals surface area contributed by atoms with Crippen molar-refractivity contribution in [3.8, 4) is 5.75 Å². The van der Waals surface area contributed by atoms with E-state index in [1.54, 1.807) is 24.3 Å². The molecule has 1 unspecified atom stereocenters. The first-order valence-corrected chi connectivity index (χ1v) is 8.80. The molecule has 0 radical (unpaired) electrons. The highest BCUT2D eigenvalue weighted by molar-refractivity contribution is 7.89. The zero-order valence-electron chi connectivity index (χ0n) is 12.5. The fraction of sp³-hybridized carbons (Fsp3) is 0.600. The zero-order chi connectivity index (χ0) is 15.3. The number of ether oxygens (including phenoxy) is 2. The minimum absolute atomic E-state index is 0.00609. The second-order valence-electron chi connectivity index (χ2n) is 5.66. The Morgan fingerprint density at radius 3 is 2.62 bits per heavy atom. The zero-order valence-corrected chi connectivity index (χ0v) is 13.4. The average molecular weight is 313 g/mol. The summed E-state index contributed by atoms with van der Waals surface area (Å²) in [6, 6.07) is 6.49. The van der Waals surface area contributed by atoms with E-state index in [2.05, 4.69) is 18.6 Å². The molecule has 1 aliphatic heterocycles. The second-order valence-corrected chi connectivity index (χ2v) is 7.43. The maximum atomic E-state index is 12.2. The van der Waals surface area contributed by atoms with Crippen LogP contribution in [0.3, 0.4) is 0 Å². The molecule has 1 atom stereocenters. The lowest BCUT2D eigenvalue weighted by Crippen LogP contribution is -2.31. The summed E-state index contributed by atoms with van der Waals surface area (Å²) in [5.41, 5.74) is 0. The van der Waals surface area contributed by atoms with Crippen molar-refractivity contribution in [1.29, 1.82) is 0 Å². The van der Waals surface area contributed by atoms with E-state index >= 15 is 0 Å². The highest BCUT2D eigenvalue weighted by Gasteiger charge is 2.20. The highest BCUT2D eigenvalue weighted by atomic mass is 32.2. The maximum Gasteiger partial charge on any atom is 0.240 e. The van der Waals surface area contributed by atoms with E-state index in [1.165, 1.54) is 0 Å². The van der Waals surface area contributed by atoms with Crippen molar-refractivity contribution in [2.24, 2.45) is 5.92 Å². The summed E-state index contributed by atoms with van der Waals surface area (Å²) >= 11 is 0. The van der Waals surface area contributed by atoms with Gasteiger partial charge in [-0.1, -0.05) is 13.8 Å². The van der Waals surface area contributed by atoms with Gasteiger partial charge in [0.05, 0.1) is 17.6 Å². The molecule has 0 spiro atoms. The van der Waals surface area contributed by atoms with Crippen LogP contribution in [0, 0.1) is 5.92 Å². The number of nitrogens with one attached hydrogen (secondary N) is 1. The Morgan fingerprint density at radius 2 is 2.05 bits per heavy atom. The normalized spacial score (nSPS) is 19.1. The van der Waals surface area contributed by atoms with Gasteiger partial charge in [0, 0.05) is 13.2 Å². The summed E-state index contributed by atoms with van der Waals surface area (Å²) in [4.78, 5) is 0.248. The van der Waals surface area contributed by atoms with Crippen molar-refractivity contribution in [1.82, 2.24) is 4.72 Å². The predicted molar refractivity (Wildman–Crippen MR) is 80.9 cm³/mol. The third-order valence-corrected chi connectivity index (χ3v) is 4.68. The van der Waals surface area contributed by atoms with E-state index < -0.39 is 10.0 Å². The first-order chi connectivity index (χ1) is 9.97. The summed E-state index contributed by atoms with van der Waals surface area (Å²) in [5, 5.41) is 0. The molecule has 118 valence electrons. The van der Waals surface area contributed by atoms with Crippen LogP contribution in [0.25, 0.3) is 0 Å². The van der Waals surface area contributed by atoms with Crippen LogP contribution >= 0.6 is 0 Å². The van der Waals surface area contributed by atoms with Gasteiger partial charge >= 0.3 is 0 Å². The first kappa shape index (κ1) is 16.3. The number of hydrogen-bond donors (Lipinski definition) is 1. The van der Waals surface area contributed by atoms with Crippen LogP contribution in [0.4, 0.5) is 0 Å². The van der Waals surface area contributed by atoms with Crippen LogP contribution in [-0.2, 0) is 14.8 Å². The van der Waals surface area contributed by atoms with Crippen molar-refractivity contribution < 1.29 is 17.9 Å². The molecule has 1 fully saturated rings. The van der Waals surface area contributed by atoms with Crippen molar-refractivity contribution in [2.45, 2.75) is 37.7 Å². The third-order valence-electron chi connectivity index (χ3n) is 3.24. The lowest BCUT2D eigenvalue weighted by Gasteiger charge is -2.12. The molecular weight excluding hydrogens is 290 g/mol. The fourth-order valence-electron chi connectivity index (χ4n) is 2.07. The van der Waals surface area contributed by atoms with Crippen molar-refractivity contribution in [2.75, 3.05) is 19.8 Å².